The standard InChI is InChI=1S/C26H44N12O/c1-4-37(5-2)38(6-3)23(39)17-7-9-22(10-8-17)31-24-32-25(35-13-18(27)11-19(28)14-35)34-26(33-24)36-15-20(29)12-21(30)16-36/h7-10,18-21H,4-6,11-16,27-30H2,1-3H3,(H,31,32,33,34). The summed E-state index contributed by atoms with van der Waals surface area (Å²) in [5.41, 5.74) is 26.4. The molecule has 214 valence electrons. The minimum absolute atomic E-state index is 0.0342. The molecular weight excluding hydrogens is 496 g/mol. The fraction of sp³-hybridized carbons (Fsp3) is 0.615. The average molecular weight is 541 g/mol. The molecular formula is C26H44N12O. The van der Waals surface area contributed by atoms with Crippen LogP contribution in [0.15, 0.2) is 24.3 Å². The minimum Gasteiger partial charge on any atom is -0.338 e. The largest absolute Gasteiger partial charge is 0.338 e. The molecule has 0 radical (unpaired) electrons. The second-order valence-corrected chi connectivity index (χ2v) is 10.4. The second-order valence-electron chi connectivity index (χ2n) is 10.4. The number of benzene rings is 1. The molecule has 4 rings (SSSR count). The molecule has 2 aliphatic rings. The molecule has 0 spiro atoms. The van der Waals surface area contributed by atoms with Crippen LogP contribution < -0.4 is 38.1 Å². The lowest BCUT2D eigenvalue weighted by Gasteiger charge is -2.37. The van der Waals surface area contributed by atoms with Crippen molar-refractivity contribution in [3.63, 3.8) is 0 Å². The third kappa shape index (κ3) is 7.11. The van der Waals surface area contributed by atoms with Crippen LogP contribution in [0.3, 0.4) is 0 Å². The highest BCUT2D eigenvalue weighted by atomic mass is 16.2. The van der Waals surface area contributed by atoms with Crippen LogP contribution in [0.1, 0.15) is 44.0 Å². The fourth-order valence-corrected chi connectivity index (χ4v) is 5.39. The molecule has 39 heavy (non-hydrogen) atoms. The van der Waals surface area contributed by atoms with E-state index in [1.165, 1.54) is 0 Å². The van der Waals surface area contributed by atoms with Crippen molar-refractivity contribution in [1.29, 1.82) is 0 Å². The number of rotatable bonds is 9. The van der Waals surface area contributed by atoms with Gasteiger partial charge in [0.1, 0.15) is 0 Å². The van der Waals surface area contributed by atoms with E-state index in [9.17, 15) is 4.79 Å². The topological polar surface area (TPSA) is 185 Å². The van der Waals surface area contributed by atoms with Crippen LogP contribution in [0, 0.1) is 0 Å². The van der Waals surface area contributed by atoms with Crippen LogP contribution in [0.25, 0.3) is 0 Å². The molecule has 2 aromatic rings. The van der Waals surface area contributed by atoms with E-state index in [0.29, 0.717) is 56.1 Å². The van der Waals surface area contributed by atoms with E-state index < -0.39 is 0 Å². The molecule has 1 amide bonds. The lowest BCUT2D eigenvalue weighted by Crippen LogP contribution is -2.54. The van der Waals surface area contributed by atoms with Crippen molar-refractivity contribution in [2.45, 2.75) is 57.8 Å². The van der Waals surface area contributed by atoms with Gasteiger partial charge in [-0.3, -0.25) is 9.80 Å². The molecule has 4 unspecified atom stereocenters. The molecule has 1 aromatic heterocycles. The Kier molecular flexibility index (Phi) is 9.51. The van der Waals surface area contributed by atoms with Crippen molar-refractivity contribution in [2.24, 2.45) is 22.9 Å². The van der Waals surface area contributed by atoms with Crippen LogP contribution >= 0.6 is 0 Å². The first-order valence-electron chi connectivity index (χ1n) is 13.9. The van der Waals surface area contributed by atoms with Crippen LogP contribution in [-0.2, 0) is 0 Å². The molecule has 0 bridgehead atoms. The van der Waals surface area contributed by atoms with Crippen molar-refractivity contribution in [3.05, 3.63) is 29.8 Å². The van der Waals surface area contributed by atoms with E-state index in [1.54, 1.807) is 5.01 Å². The van der Waals surface area contributed by atoms with Gasteiger partial charge >= 0.3 is 0 Å². The Balaban J connectivity index is 1.59. The number of hydrazine groups is 1. The zero-order valence-corrected chi connectivity index (χ0v) is 23.3. The first-order chi connectivity index (χ1) is 18.7. The monoisotopic (exact) mass is 540 g/mol. The number of anilines is 4. The lowest BCUT2D eigenvalue weighted by molar-refractivity contribution is -0.00113. The van der Waals surface area contributed by atoms with Gasteiger partial charge in [0.15, 0.2) is 0 Å². The molecule has 2 aliphatic heterocycles. The van der Waals surface area contributed by atoms with Gasteiger partial charge in [0.25, 0.3) is 5.91 Å². The van der Waals surface area contributed by atoms with E-state index in [-0.39, 0.29) is 30.1 Å². The Morgan fingerprint density at radius 1 is 0.795 bits per heavy atom. The van der Waals surface area contributed by atoms with Crippen molar-refractivity contribution in [3.8, 4) is 0 Å². The third-order valence-electron chi connectivity index (χ3n) is 7.20. The number of carbonyl (C=O) groups is 1. The summed E-state index contributed by atoms with van der Waals surface area (Å²) >= 11 is 0. The zero-order chi connectivity index (χ0) is 28.1. The maximum atomic E-state index is 13.1. The Bertz CT molecular complexity index is 1030. The van der Waals surface area contributed by atoms with E-state index in [2.05, 4.69) is 5.32 Å². The average Bonchev–Trinajstić information content (AvgIpc) is 2.90. The molecule has 13 heteroatoms. The summed E-state index contributed by atoms with van der Waals surface area (Å²) in [5, 5.41) is 7.09. The predicted molar refractivity (Wildman–Crippen MR) is 155 cm³/mol. The highest BCUT2D eigenvalue weighted by Gasteiger charge is 2.29. The summed E-state index contributed by atoms with van der Waals surface area (Å²) in [6.45, 7) is 10.6. The molecule has 2 fully saturated rings. The SMILES string of the molecule is CCN(CC)N(CC)C(=O)c1ccc(Nc2nc(N3CC(N)CC(N)C3)nc(N3CC(N)CC(N)C3)n2)cc1. The quantitative estimate of drug-likeness (QED) is 0.270. The van der Waals surface area contributed by atoms with Gasteiger partial charge in [0, 0.05) is 81.2 Å². The molecule has 3 heterocycles. The molecule has 13 nitrogen and oxygen atoms in total. The first kappa shape index (κ1) is 28.9. The van der Waals surface area contributed by atoms with Crippen molar-refractivity contribution < 1.29 is 4.79 Å². The summed E-state index contributed by atoms with van der Waals surface area (Å²) in [6, 6.07) is 7.07. The van der Waals surface area contributed by atoms with Gasteiger partial charge in [-0.25, -0.2) is 5.01 Å². The van der Waals surface area contributed by atoms with Gasteiger partial charge in [0.2, 0.25) is 17.8 Å². The second kappa shape index (κ2) is 12.8. The summed E-state index contributed by atoms with van der Waals surface area (Å²) < 4.78 is 0. The number of carbonyl (C=O) groups excluding carboxylic acids is 1. The number of nitrogens with one attached hydrogen (secondary N) is 1. The Labute approximate surface area is 230 Å². The van der Waals surface area contributed by atoms with Crippen LogP contribution in [0.2, 0.25) is 0 Å². The molecule has 0 saturated carbocycles. The van der Waals surface area contributed by atoms with Crippen molar-refractivity contribution in [1.82, 2.24) is 25.0 Å². The van der Waals surface area contributed by atoms with Crippen LogP contribution in [-0.4, -0.2) is 101 Å². The number of hydrogen-bond acceptors (Lipinski definition) is 12. The van der Waals surface area contributed by atoms with Gasteiger partial charge in [0.05, 0.1) is 0 Å². The number of piperidine rings is 2. The highest BCUT2D eigenvalue weighted by molar-refractivity contribution is 5.94. The Hall–Kier alpha value is -3.10. The van der Waals surface area contributed by atoms with Gasteiger partial charge < -0.3 is 38.1 Å². The Morgan fingerprint density at radius 3 is 1.67 bits per heavy atom. The van der Waals surface area contributed by atoms with Crippen molar-refractivity contribution >= 4 is 29.4 Å². The molecule has 4 atom stereocenters. The van der Waals surface area contributed by atoms with Gasteiger partial charge in [-0.05, 0) is 44.0 Å². The zero-order valence-electron chi connectivity index (χ0n) is 23.3. The molecule has 0 aliphatic carbocycles. The fourth-order valence-electron chi connectivity index (χ4n) is 5.39. The highest BCUT2D eigenvalue weighted by Crippen LogP contribution is 2.24. The van der Waals surface area contributed by atoms with Gasteiger partial charge in [-0.15, -0.1) is 0 Å². The van der Waals surface area contributed by atoms with E-state index in [1.807, 2.05) is 59.8 Å². The number of nitrogens with zero attached hydrogens (tertiary/aromatic N) is 7. The van der Waals surface area contributed by atoms with E-state index in [4.69, 9.17) is 37.9 Å². The molecule has 2 saturated heterocycles. The minimum atomic E-state index is -0.0636. The number of hydrogen-bond donors (Lipinski definition) is 5. The van der Waals surface area contributed by atoms with Gasteiger partial charge in [-0.1, -0.05) is 13.8 Å². The summed E-state index contributed by atoms with van der Waals surface area (Å²) in [5.74, 6) is 1.36. The lowest BCUT2D eigenvalue weighted by atomic mass is 10.0. The van der Waals surface area contributed by atoms with E-state index in [0.717, 1.165) is 31.6 Å². The number of aromatic nitrogens is 3. The third-order valence-corrected chi connectivity index (χ3v) is 7.20. The number of nitrogens with two attached hydrogens (primary N) is 4. The Morgan fingerprint density at radius 2 is 1.26 bits per heavy atom. The summed E-state index contributed by atoms with van der Waals surface area (Å²) in [4.78, 5) is 31.3. The maximum absolute atomic E-state index is 13.1. The normalized spacial score (nSPS) is 23.7. The van der Waals surface area contributed by atoms with E-state index >= 15 is 0 Å². The smallest absolute Gasteiger partial charge is 0.268 e. The maximum Gasteiger partial charge on any atom is 0.268 e. The van der Waals surface area contributed by atoms with Crippen LogP contribution in [0.5, 0.6) is 0 Å². The summed E-state index contributed by atoms with van der Waals surface area (Å²) in [7, 11) is 0. The summed E-state index contributed by atoms with van der Waals surface area (Å²) in [6.07, 6.45) is 1.51. The predicted octanol–water partition coefficient (Wildman–Crippen LogP) is 0.0635. The molecule has 1 aromatic carbocycles. The van der Waals surface area contributed by atoms with Crippen molar-refractivity contribution in [2.75, 3.05) is 60.9 Å². The molecule has 9 N–H and O–H groups in total. The van der Waals surface area contributed by atoms with Crippen LogP contribution in [0.4, 0.5) is 23.5 Å². The first-order valence-corrected chi connectivity index (χ1v) is 13.9. The number of amides is 1. The van der Waals surface area contributed by atoms with Gasteiger partial charge in [-0.2, -0.15) is 15.0 Å².